The van der Waals surface area contributed by atoms with Gasteiger partial charge in [0.2, 0.25) is 0 Å². The standard InChI is InChI=1S/C11H16ClN3O3/c1-3-11(5-17,6-18)15-10-8(4-16)9(12)13-7(2)14-10/h4,17-18H,3,5-6H2,1-2H3,(H,13,14,15). The lowest BCUT2D eigenvalue weighted by molar-refractivity contribution is 0.112. The van der Waals surface area contributed by atoms with Crippen LogP contribution in [-0.2, 0) is 0 Å². The van der Waals surface area contributed by atoms with Crippen LogP contribution in [0.15, 0.2) is 0 Å². The molecule has 0 aliphatic rings. The van der Waals surface area contributed by atoms with Crippen molar-refractivity contribution in [2.24, 2.45) is 0 Å². The Morgan fingerprint density at radius 2 is 2.00 bits per heavy atom. The van der Waals surface area contributed by atoms with Gasteiger partial charge in [-0.3, -0.25) is 4.79 Å². The van der Waals surface area contributed by atoms with Crippen molar-refractivity contribution in [3.8, 4) is 0 Å². The molecule has 7 heteroatoms. The van der Waals surface area contributed by atoms with Gasteiger partial charge in [0.1, 0.15) is 16.8 Å². The summed E-state index contributed by atoms with van der Waals surface area (Å²) in [6.07, 6.45) is 0.998. The molecule has 1 aromatic heterocycles. The quantitative estimate of drug-likeness (QED) is 0.524. The first kappa shape index (κ1) is 14.8. The van der Waals surface area contributed by atoms with Gasteiger partial charge in [0.25, 0.3) is 0 Å². The van der Waals surface area contributed by atoms with Crippen molar-refractivity contribution in [1.82, 2.24) is 9.97 Å². The minimum absolute atomic E-state index is 0.0425. The number of carbonyl (C=O) groups is 1. The van der Waals surface area contributed by atoms with Gasteiger partial charge in [-0.05, 0) is 13.3 Å². The van der Waals surface area contributed by atoms with Crippen molar-refractivity contribution in [1.29, 1.82) is 0 Å². The Morgan fingerprint density at radius 3 is 2.44 bits per heavy atom. The lowest BCUT2D eigenvalue weighted by Gasteiger charge is -2.30. The smallest absolute Gasteiger partial charge is 0.156 e. The van der Waals surface area contributed by atoms with Crippen LogP contribution >= 0.6 is 11.6 Å². The van der Waals surface area contributed by atoms with E-state index in [-0.39, 0.29) is 29.7 Å². The second-order valence-corrected chi connectivity index (χ2v) is 4.37. The number of aldehydes is 1. The molecule has 0 aromatic carbocycles. The highest BCUT2D eigenvalue weighted by Crippen LogP contribution is 2.23. The Morgan fingerprint density at radius 1 is 1.39 bits per heavy atom. The second-order valence-electron chi connectivity index (χ2n) is 4.02. The summed E-state index contributed by atoms with van der Waals surface area (Å²) in [6, 6.07) is 0. The van der Waals surface area contributed by atoms with Crippen molar-refractivity contribution < 1.29 is 15.0 Å². The van der Waals surface area contributed by atoms with Crippen LogP contribution in [0, 0.1) is 6.92 Å². The van der Waals surface area contributed by atoms with Crippen molar-refractivity contribution in [2.75, 3.05) is 18.5 Å². The molecular weight excluding hydrogens is 258 g/mol. The number of halogens is 1. The van der Waals surface area contributed by atoms with Gasteiger partial charge in [0.05, 0.1) is 24.3 Å². The Labute approximate surface area is 110 Å². The van der Waals surface area contributed by atoms with Crippen molar-refractivity contribution in [3.63, 3.8) is 0 Å². The Bertz CT molecular complexity index is 428. The van der Waals surface area contributed by atoms with Crippen molar-refractivity contribution in [2.45, 2.75) is 25.8 Å². The normalized spacial score (nSPS) is 11.4. The Hall–Kier alpha value is -1.24. The molecule has 3 N–H and O–H groups in total. The zero-order valence-electron chi connectivity index (χ0n) is 10.3. The van der Waals surface area contributed by atoms with E-state index < -0.39 is 5.54 Å². The van der Waals surface area contributed by atoms with Crippen LogP contribution in [0.1, 0.15) is 29.5 Å². The maximum atomic E-state index is 11.0. The van der Waals surface area contributed by atoms with Crippen molar-refractivity contribution >= 4 is 23.7 Å². The lowest BCUT2D eigenvalue weighted by Crippen LogP contribution is -2.45. The van der Waals surface area contributed by atoms with E-state index in [4.69, 9.17) is 11.6 Å². The average Bonchev–Trinajstić information content (AvgIpc) is 2.35. The molecule has 0 saturated carbocycles. The first-order chi connectivity index (χ1) is 8.51. The molecule has 18 heavy (non-hydrogen) atoms. The zero-order valence-corrected chi connectivity index (χ0v) is 11.0. The monoisotopic (exact) mass is 273 g/mol. The Balaban J connectivity index is 3.20. The predicted molar refractivity (Wildman–Crippen MR) is 68.0 cm³/mol. The number of aromatic nitrogens is 2. The van der Waals surface area contributed by atoms with Crippen LogP contribution in [-0.4, -0.2) is 45.2 Å². The molecule has 1 rings (SSSR count). The SMILES string of the molecule is CCC(CO)(CO)Nc1nc(C)nc(Cl)c1C=O. The van der Waals surface area contributed by atoms with Gasteiger partial charge in [-0.15, -0.1) is 0 Å². The van der Waals surface area contributed by atoms with Crippen molar-refractivity contribution in [3.05, 3.63) is 16.5 Å². The number of aryl methyl sites for hydroxylation is 1. The fourth-order valence-electron chi connectivity index (χ4n) is 1.44. The maximum absolute atomic E-state index is 11.0. The highest BCUT2D eigenvalue weighted by atomic mass is 35.5. The van der Waals surface area contributed by atoms with Crippen LogP contribution in [0.25, 0.3) is 0 Å². The molecule has 0 unspecified atom stereocenters. The predicted octanol–water partition coefficient (Wildman–Crippen LogP) is 0.796. The van der Waals surface area contributed by atoms with E-state index in [9.17, 15) is 15.0 Å². The summed E-state index contributed by atoms with van der Waals surface area (Å²) in [5, 5.41) is 21.6. The maximum Gasteiger partial charge on any atom is 0.156 e. The number of rotatable bonds is 6. The fraction of sp³-hybridized carbons (Fsp3) is 0.545. The minimum Gasteiger partial charge on any atom is -0.394 e. The van der Waals surface area contributed by atoms with Gasteiger partial charge in [-0.2, -0.15) is 0 Å². The number of hydrogen-bond donors (Lipinski definition) is 3. The Kier molecular flexibility index (Phi) is 5.01. The second kappa shape index (κ2) is 6.08. The molecule has 0 spiro atoms. The fourth-order valence-corrected chi connectivity index (χ4v) is 1.70. The molecule has 0 bridgehead atoms. The van der Waals surface area contributed by atoms with Crippen LogP contribution < -0.4 is 5.32 Å². The zero-order chi connectivity index (χ0) is 13.8. The van der Waals surface area contributed by atoms with E-state index in [0.717, 1.165) is 0 Å². The lowest BCUT2D eigenvalue weighted by atomic mass is 9.98. The number of nitrogens with zero attached hydrogens (tertiary/aromatic N) is 2. The van der Waals surface area contributed by atoms with Crippen LogP contribution in [0.5, 0.6) is 0 Å². The molecule has 0 fully saturated rings. The van der Waals surface area contributed by atoms with Gasteiger partial charge in [0.15, 0.2) is 6.29 Å². The van der Waals surface area contributed by atoms with Gasteiger partial charge < -0.3 is 15.5 Å². The summed E-state index contributed by atoms with van der Waals surface area (Å²) in [6.45, 7) is 2.85. The third kappa shape index (κ3) is 2.95. The summed E-state index contributed by atoms with van der Waals surface area (Å²) < 4.78 is 0. The molecule has 1 heterocycles. The molecule has 6 nitrogen and oxygen atoms in total. The highest BCUT2D eigenvalue weighted by molar-refractivity contribution is 6.32. The van der Waals surface area contributed by atoms with Crippen LogP contribution in [0.4, 0.5) is 5.82 Å². The van der Waals surface area contributed by atoms with Crippen LogP contribution in [0.3, 0.4) is 0 Å². The molecule has 0 aliphatic heterocycles. The number of carbonyl (C=O) groups excluding carboxylic acids is 1. The molecule has 0 atom stereocenters. The van der Waals surface area contributed by atoms with E-state index in [1.807, 2.05) is 0 Å². The summed E-state index contributed by atoms with van der Waals surface area (Å²) in [5.41, 5.74) is -0.830. The minimum atomic E-state index is -0.943. The van der Waals surface area contributed by atoms with Gasteiger partial charge in [-0.25, -0.2) is 9.97 Å². The van der Waals surface area contributed by atoms with Crippen LogP contribution in [0.2, 0.25) is 5.15 Å². The van der Waals surface area contributed by atoms with Gasteiger partial charge in [-0.1, -0.05) is 18.5 Å². The summed E-state index contributed by atoms with van der Waals surface area (Å²) in [7, 11) is 0. The third-order valence-electron chi connectivity index (χ3n) is 2.79. The van der Waals surface area contributed by atoms with E-state index >= 15 is 0 Å². The first-order valence-corrected chi connectivity index (χ1v) is 5.89. The largest absolute Gasteiger partial charge is 0.394 e. The number of aliphatic hydroxyl groups is 2. The number of nitrogens with one attached hydrogen (secondary N) is 1. The summed E-state index contributed by atoms with van der Waals surface area (Å²) >= 11 is 5.85. The molecule has 0 radical (unpaired) electrons. The number of anilines is 1. The first-order valence-electron chi connectivity index (χ1n) is 5.51. The number of hydrogen-bond acceptors (Lipinski definition) is 6. The molecule has 0 saturated heterocycles. The van der Waals surface area contributed by atoms with E-state index in [0.29, 0.717) is 18.5 Å². The molecule has 100 valence electrons. The van der Waals surface area contributed by atoms with E-state index in [1.165, 1.54) is 0 Å². The third-order valence-corrected chi connectivity index (χ3v) is 3.08. The van der Waals surface area contributed by atoms with Gasteiger partial charge >= 0.3 is 0 Å². The molecular formula is C11H16ClN3O3. The molecule has 1 aromatic rings. The summed E-state index contributed by atoms with van der Waals surface area (Å²) in [4.78, 5) is 18.9. The van der Waals surface area contributed by atoms with E-state index in [1.54, 1.807) is 13.8 Å². The highest BCUT2D eigenvalue weighted by Gasteiger charge is 2.28. The van der Waals surface area contributed by atoms with Gasteiger partial charge in [0, 0.05) is 0 Å². The average molecular weight is 274 g/mol. The number of aliphatic hydroxyl groups excluding tert-OH is 2. The topological polar surface area (TPSA) is 95.3 Å². The summed E-state index contributed by atoms with van der Waals surface area (Å²) in [5.74, 6) is 0.612. The molecule has 0 amide bonds. The molecule has 0 aliphatic carbocycles. The van der Waals surface area contributed by atoms with E-state index in [2.05, 4.69) is 15.3 Å².